The molecule has 0 aromatic heterocycles. The van der Waals surface area contributed by atoms with Crippen LogP contribution in [0.25, 0.3) is 0 Å². The topological polar surface area (TPSA) is 21.7 Å². The third-order valence-corrected chi connectivity index (χ3v) is 8.47. The first-order valence-corrected chi connectivity index (χ1v) is 9.74. The summed E-state index contributed by atoms with van der Waals surface area (Å²) in [5.41, 5.74) is 1.18. The van der Waals surface area contributed by atoms with Crippen LogP contribution in [-0.4, -0.2) is 52.7 Å². The molecule has 1 aliphatic rings. The van der Waals surface area contributed by atoms with E-state index in [1.165, 1.54) is 5.57 Å². The normalized spacial score (nSPS) is 18.9. The Balaban J connectivity index is 2.32. The highest BCUT2D eigenvalue weighted by Crippen LogP contribution is 2.36. The van der Waals surface area contributed by atoms with Crippen molar-refractivity contribution in [1.29, 1.82) is 0 Å². The fraction of sp³-hybridized carbons (Fsp3) is 0.857. The average molecular weight is 271 g/mol. The van der Waals surface area contributed by atoms with Gasteiger partial charge in [-0.2, -0.15) is 0 Å². The van der Waals surface area contributed by atoms with E-state index in [1.54, 1.807) is 0 Å². The molecule has 1 aliphatic heterocycles. The summed E-state index contributed by atoms with van der Waals surface area (Å²) < 4.78 is 11.5. The summed E-state index contributed by atoms with van der Waals surface area (Å²) in [7, 11) is -1.64. The van der Waals surface area contributed by atoms with Gasteiger partial charge >= 0.3 is 0 Å². The highest BCUT2D eigenvalue weighted by atomic mass is 28.4. The number of rotatable bonds is 5. The molecule has 0 N–H and O–H groups in total. The van der Waals surface area contributed by atoms with Gasteiger partial charge in [-0.15, -0.1) is 0 Å². The molecule has 0 aromatic carbocycles. The van der Waals surface area contributed by atoms with E-state index in [2.05, 4.69) is 45.3 Å². The molecule has 18 heavy (non-hydrogen) atoms. The molecule has 106 valence electrons. The highest BCUT2D eigenvalue weighted by Gasteiger charge is 2.37. The second-order valence-electron chi connectivity index (χ2n) is 6.69. The zero-order valence-corrected chi connectivity index (χ0v) is 13.7. The molecule has 0 spiro atoms. The molecule has 0 saturated carbocycles. The summed E-state index contributed by atoms with van der Waals surface area (Å²) >= 11 is 0. The molecule has 0 amide bonds. The maximum atomic E-state index is 6.18. The van der Waals surface area contributed by atoms with Gasteiger partial charge in [0.1, 0.15) is 0 Å². The van der Waals surface area contributed by atoms with Crippen LogP contribution in [0.4, 0.5) is 0 Å². The maximum absolute atomic E-state index is 6.18. The van der Waals surface area contributed by atoms with E-state index < -0.39 is 8.32 Å². The number of nitrogens with zero attached hydrogens (tertiary/aromatic N) is 1. The van der Waals surface area contributed by atoms with E-state index >= 15 is 0 Å². The second-order valence-corrected chi connectivity index (χ2v) is 11.5. The Morgan fingerprint density at radius 3 is 2.33 bits per heavy atom. The Morgan fingerprint density at radius 1 is 1.28 bits per heavy atom. The first-order chi connectivity index (χ1) is 8.22. The monoisotopic (exact) mass is 271 g/mol. The molecule has 0 atom stereocenters. The van der Waals surface area contributed by atoms with Gasteiger partial charge in [-0.1, -0.05) is 27.4 Å². The number of ether oxygens (including phenoxy) is 1. The van der Waals surface area contributed by atoms with Crippen LogP contribution < -0.4 is 0 Å². The lowest BCUT2D eigenvalue weighted by Gasteiger charge is -2.36. The van der Waals surface area contributed by atoms with Gasteiger partial charge in [-0.25, -0.2) is 0 Å². The van der Waals surface area contributed by atoms with Crippen molar-refractivity contribution in [3.8, 4) is 0 Å². The standard InChI is InChI=1S/C14H29NO2Si/c1-13(11-15-7-9-16-10-8-15)12-17-18(5,6)14(2,3)4/h1,7-12H2,2-6H3. The molecule has 1 saturated heterocycles. The van der Waals surface area contributed by atoms with Crippen molar-refractivity contribution in [3.63, 3.8) is 0 Å². The van der Waals surface area contributed by atoms with Gasteiger partial charge in [0, 0.05) is 19.6 Å². The molecule has 1 rings (SSSR count). The molecule has 0 aliphatic carbocycles. The summed E-state index contributed by atoms with van der Waals surface area (Å²) in [6.07, 6.45) is 0. The van der Waals surface area contributed by atoms with Crippen molar-refractivity contribution in [2.75, 3.05) is 39.5 Å². The summed E-state index contributed by atoms with van der Waals surface area (Å²) in [5.74, 6) is 0. The third kappa shape index (κ3) is 4.84. The average Bonchev–Trinajstić information content (AvgIpc) is 2.26. The predicted octanol–water partition coefficient (Wildman–Crippen LogP) is 2.90. The van der Waals surface area contributed by atoms with Gasteiger partial charge < -0.3 is 9.16 Å². The van der Waals surface area contributed by atoms with Gasteiger partial charge in [-0.3, -0.25) is 4.90 Å². The molecule has 4 heteroatoms. The SMILES string of the molecule is C=C(CO[Si](C)(C)C(C)(C)C)CN1CCOCC1. The third-order valence-electron chi connectivity index (χ3n) is 3.99. The minimum atomic E-state index is -1.64. The smallest absolute Gasteiger partial charge is 0.192 e. The number of hydrogen-bond donors (Lipinski definition) is 0. The molecule has 0 bridgehead atoms. The Labute approximate surface area is 113 Å². The lowest BCUT2D eigenvalue weighted by Crippen LogP contribution is -2.42. The largest absolute Gasteiger partial charge is 0.413 e. The van der Waals surface area contributed by atoms with Gasteiger partial charge in [0.15, 0.2) is 8.32 Å². The number of morpholine rings is 1. The Hall–Kier alpha value is -0.163. The first kappa shape index (κ1) is 15.9. The summed E-state index contributed by atoms with van der Waals surface area (Å²) in [6.45, 7) is 20.9. The van der Waals surface area contributed by atoms with E-state index in [4.69, 9.17) is 9.16 Å². The molecule has 1 heterocycles. The summed E-state index contributed by atoms with van der Waals surface area (Å²) in [6, 6.07) is 0. The van der Waals surface area contributed by atoms with Gasteiger partial charge in [0.25, 0.3) is 0 Å². The predicted molar refractivity (Wildman–Crippen MR) is 79.5 cm³/mol. The molecular formula is C14H29NO2Si. The van der Waals surface area contributed by atoms with Crippen LogP contribution in [0.5, 0.6) is 0 Å². The van der Waals surface area contributed by atoms with Crippen LogP contribution in [0.3, 0.4) is 0 Å². The van der Waals surface area contributed by atoms with Crippen LogP contribution in [0.2, 0.25) is 18.1 Å². The first-order valence-electron chi connectivity index (χ1n) is 6.83. The zero-order valence-electron chi connectivity index (χ0n) is 12.7. The van der Waals surface area contributed by atoms with Gasteiger partial charge in [0.05, 0.1) is 19.8 Å². The molecular weight excluding hydrogens is 242 g/mol. The Morgan fingerprint density at radius 2 is 1.83 bits per heavy atom. The van der Waals surface area contributed by atoms with Gasteiger partial charge in [0.2, 0.25) is 0 Å². The summed E-state index contributed by atoms with van der Waals surface area (Å²) in [4.78, 5) is 2.39. The van der Waals surface area contributed by atoms with Crippen molar-refractivity contribution < 1.29 is 9.16 Å². The highest BCUT2D eigenvalue weighted by molar-refractivity contribution is 6.74. The molecule has 0 radical (unpaired) electrons. The fourth-order valence-electron chi connectivity index (χ4n) is 1.62. The van der Waals surface area contributed by atoms with E-state index in [0.29, 0.717) is 6.61 Å². The van der Waals surface area contributed by atoms with E-state index in [9.17, 15) is 0 Å². The Bertz CT molecular complexity index is 278. The van der Waals surface area contributed by atoms with Crippen LogP contribution in [0, 0.1) is 0 Å². The fourth-order valence-corrected chi connectivity index (χ4v) is 2.62. The van der Waals surface area contributed by atoms with Crippen LogP contribution in [0.15, 0.2) is 12.2 Å². The van der Waals surface area contributed by atoms with Crippen LogP contribution in [0.1, 0.15) is 20.8 Å². The van der Waals surface area contributed by atoms with Gasteiger partial charge in [-0.05, 0) is 23.7 Å². The zero-order chi connectivity index (χ0) is 13.8. The van der Waals surface area contributed by atoms with Crippen molar-refractivity contribution in [2.24, 2.45) is 0 Å². The maximum Gasteiger partial charge on any atom is 0.192 e. The molecule has 0 unspecified atom stereocenters. The molecule has 1 fully saturated rings. The van der Waals surface area contributed by atoms with Crippen LogP contribution >= 0.6 is 0 Å². The lowest BCUT2D eigenvalue weighted by molar-refractivity contribution is 0.0413. The van der Waals surface area contributed by atoms with Crippen molar-refractivity contribution in [3.05, 3.63) is 12.2 Å². The van der Waals surface area contributed by atoms with Crippen molar-refractivity contribution in [2.45, 2.75) is 38.9 Å². The number of hydrogen-bond acceptors (Lipinski definition) is 3. The molecule has 3 nitrogen and oxygen atoms in total. The Kier molecular flexibility index (Phi) is 5.59. The quantitative estimate of drug-likeness (QED) is 0.567. The summed E-state index contributed by atoms with van der Waals surface area (Å²) in [5, 5.41) is 0.270. The van der Waals surface area contributed by atoms with Crippen molar-refractivity contribution in [1.82, 2.24) is 4.90 Å². The molecule has 0 aromatic rings. The second kappa shape index (κ2) is 6.33. The minimum absolute atomic E-state index is 0.270. The van der Waals surface area contributed by atoms with Crippen molar-refractivity contribution >= 4 is 8.32 Å². The minimum Gasteiger partial charge on any atom is -0.413 e. The van der Waals surface area contributed by atoms with E-state index in [1.807, 2.05) is 0 Å². The van der Waals surface area contributed by atoms with E-state index in [0.717, 1.165) is 32.8 Å². The van der Waals surface area contributed by atoms with E-state index in [-0.39, 0.29) is 5.04 Å². The van der Waals surface area contributed by atoms with Crippen LogP contribution in [-0.2, 0) is 9.16 Å². The lowest BCUT2D eigenvalue weighted by atomic mass is 10.2.